The van der Waals surface area contributed by atoms with Gasteiger partial charge in [0.25, 0.3) is 5.91 Å². The maximum Gasteiger partial charge on any atom is 0.255 e. The van der Waals surface area contributed by atoms with Crippen molar-refractivity contribution in [2.24, 2.45) is 11.7 Å². The molecule has 2 aliphatic heterocycles. The zero-order valence-electron chi connectivity index (χ0n) is 23.6. The Bertz CT molecular complexity index is 1410. The van der Waals surface area contributed by atoms with Crippen LogP contribution in [0.2, 0.25) is 0 Å². The number of nitrogens with two attached hydrogens (primary N) is 2. The monoisotopic (exact) mass is 541 g/mol. The number of aryl methyl sites for hydroxylation is 1. The lowest BCUT2D eigenvalue weighted by molar-refractivity contribution is -0.106. The number of hydrogen-bond acceptors (Lipinski definition) is 7. The third-order valence-corrected chi connectivity index (χ3v) is 8.19. The molecule has 0 spiro atoms. The first-order chi connectivity index (χ1) is 19.3. The molecule has 9 nitrogen and oxygen atoms in total. The maximum absolute atomic E-state index is 13.7. The van der Waals surface area contributed by atoms with Gasteiger partial charge in [0, 0.05) is 24.0 Å². The highest BCUT2D eigenvalue weighted by Gasteiger charge is 2.32. The fraction of sp³-hybridized carbons (Fsp3) is 0.452. The van der Waals surface area contributed by atoms with Crippen molar-refractivity contribution in [1.82, 2.24) is 19.8 Å². The molecule has 5 rings (SSSR count). The average Bonchev–Trinajstić information content (AvgIpc) is 2.97. The van der Waals surface area contributed by atoms with E-state index in [9.17, 15) is 10.1 Å². The van der Waals surface area contributed by atoms with Crippen molar-refractivity contribution in [2.45, 2.75) is 57.9 Å². The van der Waals surface area contributed by atoms with Crippen LogP contribution in [0.5, 0.6) is 0 Å². The number of rotatable bonds is 4. The number of anilines is 1. The van der Waals surface area contributed by atoms with Gasteiger partial charge in [0.05, 0.1) is 28.4 Å². The molecule has 0 bridgehead atoms. The second kappa shape index (κ2) is 12.9. The second-order valence-corrected chi connectivity index (χ2v) is 11.0. The maximum atomic E-state index is 13.7. The van der Waals surface area contributed by atoms with Crippen LogP contribution in [0.15, 0.2) is 36.5 Å². The molecular formula is C31H39N7O2. The van der Waals surface area contributed by atoms with E-state index in [1.807, 2.05) is 24.0 Å². The van der Waals surface area contributed by atoms with Crippen molar-refractivity contribution in [3.8, 4) is 6.07 Å². The fourth-order valence-electron chi connectivity index (χ4n) is 5.90. The fourth-order valence-corrected chi connectivity index (χ4v) is 5.90. The van der Waals surface area contributed by atoms with Crippen LogP contribution in [0.25, 0.3) is 10.9 Å². The Balaban J connectivity index is 0.00000118. The number of benzene rings is 1. The van der Waals surface area contributed by atoms with Gasteiger partial charge in [-0.15, -0.1) is 0 Å². The second-order valence-electron chi connectivity index (χ2n) is 11.0. The van der Waals surface area contributed by atoms with Gasteiger partial charge in [0.2, 0.25) is 6.41 Å². The lowest BCUT2D eigenvalue weighted by Crippen LogP contribution is -2.41. The topological polar surface area (TPSA) is 142 Å². The summed E-state index contributed by atoms with van der Waals surface area (Å²) in [5, 5.41) is 10.8. The summed E-state index contributed by atoms with van der Waals surface area (Å²) < 4.78 is 0. The number of aromatic nitrogens is 2. The van der Waals surface area contributed by atoms with E-state index < -0.39 is 0 Å². The van der Waals surface area contributed by atoms with E-state index in [1.165, 1.54) is 0 Å². The number of carbonyl (C=O) groups is 2. The van der Waals surface area contributed by atoms with Gasteiger partial charge in [0.1, 0.15) is 11.9 Å². The zero-order chi connectivity index (χ0) is 28.8. The molecule has 2 fully saturated rings. The molecule has 3 aromatic rings. The minimum Gasteiger partial charge on any atom is -0.383 e. The molecule has 0 aliphatic carbocycles. The summed E-state index contributed by atoms with van der Waals surface area (Å²) in [6.45, 7) is 6.97. The highest BCUT2D eigenvalue weighted by Crippen LogP contribution is 2.37. The van der Waals surface area contributed by atoms with Crippen molar-refractivity contribution >= 4 is 29.0 Å². The van der Waals surface area contributed by atoms with Gasteiger partial charge in [-0.1, -0.05) is 26.0 Å². The molecule has 40 heavy (non-hydrogen) atoms. The smallest absolute Gasteiger partial charge is 0.255 e. The molecule has 4 N–H and O–H groups in total. The van der Waals surface area contributed by atoms with Crippen molar-refractivity contribution in [2.75, 3.05) is 32.4 Å². The standard InChI is InChI=1S/C30H36N6O.CH3NO/c1-4-20-13-25(17-33-29(20)32)30(37)36-18-19(2)5-8-27(36)23-7-6-22-14-24(16-31)28(34-26(22)15-23)21-9-11-35(3)12-10-21;2-1-3/h6-7,13-15,17,19,21,27H,4-5,8-12,18H2,1-3H3,(H2,32,33);1H,(H2,2,3)/t19?,27-;/m1./s1. The normalized spacial score (nSPS) is 19.9. The summed E-state index contributed by atoms with van der Waals surface area (Å²) in [5.41, 5.74) is 15.3. The number of piperidine rings is 2. The van der Waals surface area contributed by atoms with Gasteiger partial charge >= 0.3 is 0 Å². The highest BCUT2D eigenvalue weighted by molar-refractivity contribution is 5.95. The molecule has 2 saturated heterocycles. The van der Waals surface area contributed by atoms with Crippen molar-refractivity contribution in [3.63, 3.8) is 0 Å². The van der Waals surface area contributed by atoms with E-state index in [4.69, 9.17) is 15.5 Å². The van der Waals surface area contributed by atoms with E-state index >= 15 is 0 Å². The van der Waals surface area contributed by atoms with Crippen LogP contribution >= 0.6 is 0 Å². The number of nitrogen functional groups attached to an aromatic ring is 1. The van der Waals surface area contributed by atoms with Crippen LogP contribution in [-0.4, -0.2) is 58.8 Å². The van der Waals surface area contributed by atoms with E-state index in [0.717, 1.165) is 72.9 Å². The molecule has 2 amide bonds. The van der Waals surface area contributed by atoms with Crippen LogP contribution < -0.4 is 11.5 Å². The Kier molecular flexibility index (Phi) is 9.33. The van der Waals surface area contributed by atoms with E-state index in [2.05, 4.69) is 53.9 Å². The Labute approximate surface area is 236 Å². The third-order valence-electron chi connectivity index (χ3n) is 8.19. The number of primary amides is 1. The quantitative estimate of drug-likeness (QED) is 0.472. The molecule has 0 saturated carbocycles. The molecule has 0 radical (unpaired) electrons. The predicted molar refractivity (Wildman–Crippen MR) is 156 cm³/mol. The Hall–Kier alpha value is -4.03. The first-order valence-electron chi connectivity index (χ1n) is 14.0. The van der Waals surface area contributed by atoms with Crippen molar-refractivity contribution < 1.29 is 9.59 Å². The van der Waals surface area contributed by atoms with E-state index in [-0.39, 0.29) is 18.4 Å². The summed E-state index contributed by atoms with van der Waals surface area (Å²) >= 11 is 0. The van der Waals surface area contributed by atoms with Crippen LogP contribution in [0.3, 0.4) is 0 Å². The summed E-state index contributed by atoms with van der Waals surface area (Å²) in [6.07, 6.45) is 6.59. The number of pyridine rings is 2. The first-order valence-corrected chi connectivity index (χ1v) is 14.0. The van der Waals surface area contributed by atoms with Crippen molar-refractivity contribution in [3.05, 3.63) is 64.5 Å². The molecular weight excluding hydrogens is 502 g/mol. The molecule has 2 aromatic heterocycles. The Morgan fingerprint density at radius 2 is 1.90 bits per heavy atom. The minimum absolute atomic E-state index is 0.00125. The van der Waals surface area contributed by atoms with Gasteiger partial charge in [0.15, 0.2) is 0 Å². The number of amides is 2. The van der Waals surface area contributed by atoms with Crippen LogP contribution in [0, 0.1) is 17.2 Å². The van der Waals surface area contributed by atoms with Gasteiger partial charge < -0.3 is 21.3 Å². The summed E-state index contributed by atoms with van der Waals surface area (Å²) in [6, 6.07) is 12.5. The van der Waals surface area contributed by atoms with Crippen molar-refractivity contribution in [1.29, 1.82) is 5.26 Å². The summed E-state index contributed by atoms with van der Waals surface area (Å²) in [5.74, 6) is 1.22. The number of nitriles is 1. The Morgan fingerprint density at radius 3 is 2.58 bits per heavy atom. The first kappa shape index (κ1) is 29.0. The largest absolute Gasteiger partial charge is 0.383 e. The number of fused-ring (bicyclic) bond motifs is 1. The molecule has 2 atom stereocenters. The predicted octanol–water partition coefficient (Wildman–Crippen LogP) is 4.17. The number of hydrogen-bond donors (Lipinski definition) is 2. The van der Waals surface area contributed by atoms with Crippen LogP contribution in [0.1, 0.15) is 84.2 Å². The molecule has 4 heterocycles. The minimum atomic E-state index is -0.0278. The lowest BCUT2D eigenvalue weighted by atomic mass is 9.88. The SMILES string of the molecule is CCc1cc(C(=O)N2CC(C)CC[C@@H]2c2ccc3cc(C#N)c(C4CCN(C)CC4)nc3c2)cnc1N.NC=O. The number of carbonyl (C=O) groups excluding carboxylic acids is 2. The number of likely N-dealkylation sites (tertiary alicyclic amines) is 2. The summed E-state index contributed by atoms with van der Waals surface area (Å²) in [7, 11) is 2.14. The Morgan fingerprint density at radius 1 is 1.18 bits per heavy atom. The number of nitrogens with zero attached hydrogens (tertiary/aromatic N) is 5. The third kappa shape index (κ3) is 6.23. The van der Waals surface area contributed by atoms with Gasteiger partial charge in [-0.2, -0.15) is 5.26 Å². The van der Waals surface area contributed by atoms with E-state index in [0.29, 0.717) is 35.3 Å². The lowest BCUT2D eigenvalue weighted by Gasteiger charge is -2.39. The van der Waals surface area contributed by atoms with Gasteiger partial charge in [-0.3, -0.25) is 14.6 Å². The van der Waals surface area contributed by atoms with Crippen LogP contribution in [-0.2, 0) is 11.2 Å². The molecule has 210 valence electrons. The molecule has 1 unspecified atom stereocenters. The van der Waals surface area contributed by atoms with E-state index in [1.54, 1.807) is 6.20 Å². The average molecular weight is 542 g/mol. The zero-order valence-corrected chi connectivity index (χ0v) is 23.6. The van der Waals surface area contributed by atoms with Gasteiger partial charge in [-0.05, 0) is 87.5 Å². The highest BCUT2D eigenvalue weighted by atomic mass is 16.2. The van der Waals surface area contributed by atoms with Gasteiger partial charge in [-0.25, -0.2) is 4.98 Å². The molecule has 9 heteroatoms. The molecule has 2 aliphatic rings. The van der Waals surface area contributed by atoms with Crippen LogP contribution in [0.4, 0.5) is 5.82 Å². The molecule has 1 aromatic carbocycles. The summed E-state index contributed by atoms with van der Waals surface area (Å²) in [4.78, 5) is 36.0.